The lowest BCUT2D eigenvalue weighted by Crippen LogP contribution is -2.29. The lowest BCUT2D eigenvalue weighted by Gasteiger charge is -2.17. The molecule has 3 N–H and O–H groups in total. The maximum atomic E-state index is 5.56. The first-order chi connectivity index (χ1) is 8.31. The molecule has 17 heavy (non-hydrogen) atoms. The average molecular weight is 238 g/mol. The average Bonchev–Trinajstić information content (AvgIpc) is 2.39. The minimum Gasteiger partial charge on any atom is -0.497 e. The van der Waals surface area contributed by atoms with E-state index in [0.717, 1.165) is 30.8 Å². The van der Waals surface area contributed by atoms with Crippen LogP contribution in [0.4, 0.5) is 0 Å². The summed E-state index contributed by atoms with van der Waals surface area (Å²) in [6, 6.07) is 8.01. The predicted octanol–water partition coefficient (Wildman–Crippen LogP) is 2.02. The van der Waals surface area contributed by atoms with Crippen LogP contribution in [-0.4, -0.2) is 20.3 Å². The van der Waals surface area contributed by atoms with E-state index in [1.165, 1.54) is 0 Å². The molecule has 0 saturated heterocycles. The minimum atomic E-state index is 0.0990. The fourth-order valence-electron chi connectivity index (χ4n) is 1.65. The lowest BCUT2D eigenvalue weighted by atomic mass is 10.0. The largest absolute Gasteiger partial charge is 0.497 e. The fraction of sp³-hybridized carbons (Fsp3) is 0.538. The van der Waals surface area contributed by atoms with Crippen LogP contribution in [0.25, 0.3) is 0 Å². The number of hydrogen-bond acceptors (Lipinski definition) is 4. The number of rotatable bonds is 8. The van der Waals surface area contributed by atoms with Crippen LogP contribution in [-0.2, 0) is 4.74 Å². The highest BCUT2D eigenvalue weighted by atomic mass is 16.5. The molecule has 0 saturated carbocycles. The number of benzene rings is 1. The van der Waals surface area contributed by atoms with Crippen molar-refractivity contribution in [2.24, 2.45) is 5.84 Å². The van der Waals surface area contributed by atoms with Crippen LogP contribution in [0, 0.1) is 0 Å². The molecule has 0 spiro atoms. The van der Waals surface area contributed by atoms with E-state index in [1.807, 2.05) is 24.3 Å². The van der Waals surface area contributed by atoms with Gasteiger partial charge in [0, 0.05) is 19.3 Å². The number of nitrogens with one attached hydrogen (secondary N) is 1. The highest BCUT2D eigenvalue weighted by Crippen LogP contribution is 2.20. The molecule has 0 radical (unpaired) electrons. The van der Waals surface area contributed by atoms with E-state index in [9.17, 15) is 0 Å². The molecule has 96 valence electrons. The molecule has 1 aromatic rings. The van der Waals surface area contributed by atoms with Crippen molar-refractivity contribution in [1.29, 1.82) is 0 Å². The molecule has 1 unspecified atom stereocenters. The van der Waals surface area contributed by atoms with Gasteiger partial charge in [0.2, 0.25) is 0 Å². The van der Waals surface area contributed by atoms with Crippen LogP contribution in [0.3, 0.4) is 0 Å². The van der Waals surface area contributed by atoms with Gasteiger partial charge in [0.15, 0.2) is 0 Å². The van der Waals surface area contributed by atoms with E-state index in [0.29, 0.717) is 6.61 Å². The van der Waals surface area contributed by atoms with E-state index >= 15 is 0 Å². The van der Waals surface area contributed by atoms with Gasteiger partial charge in [0.05, 0.1) is 7.11 Å². The van der Waals surface area contributed by atoms with Crippen LogP contribution >= 0.6 is 0 Å². The van der Waals surface area contributed by atoms with E-state index in [1.54, 1.807) is 7.11 Å². The molecular formula is C13H22N2O2. The van der Waals surface area contributed by atoms with Crippen molar-refractivity contribution in [1.82, 2.24) is 5.43 Å². The SMILES string of the molecule is CCCOCCC(NN)c1cccc(OC)c1. The summed E-state index contributed by atoms with van der Waals surface area (Å²) in [7, 11) is 1.66. The third-order valence-corrected chi connectivity index (χ3v) is 2.60. The molecule has 0 amide bonds. The molecule has 4 nitrogen and oxygen atoms in total. The Bertz CT molecular complexity index is 318. The Morgan fingerprint density at radius 3 is 2.82 bits per heavy atom. The summed E-state index contributed by atoms with van der Waals surface area (Å²) >= 11 is 0. The summed E-state index contributed by atoms with van der Waals surface area (Å²) in [6.45, 7) is 3.61. The first-order valence-electron chi connectivity index (χ1n) is 5.99. The quantitative estimate of drug-likeness (QED) is 0.413. The zero-order valence-electron chi connectivity index (χ0n) is 10.6. The Balaban J connectivity index is 2.53. The van der Waals surface area contributed by atoms with Gasteiger partial charge in [-0.2, -0.15) is 0 Å². The van der Waals surface area contributed by atoms with Crippen molar-refractivity contribution in [3.8, 4) is 5.75 Å². The highest BCUT2D eigenvalue weighted by Gasteiger charge is 2.09. The van der Waals surface area contributed by atoms with Crippen molar-refractivity contribution in [2.75, 3.05) is 20.3 Å². The van der Waals surface area contributed by atoms with E-state index in [2.05, 4.69) is 12.3 Å². The van der Waals surface area contributed by atoms with Gasteiger partial charge < -0.3 is 9.47 Å². The molecule has 0 bridgehead atoms. The normalized spacial score (nSPS) is 12.4. The van der Waals surface area contributed by atoms with Gasteiger partial charge >= 0.3 is 0 Å². The Morgan fingerprint density at radius 2 is 2.18 bits per heavy atom. The second-order valence-electron chi connectivity index (χ2n) is 3.90. The molecule has 0 aliphatic rings. The van der Waals surface area contributed by atoms with Crippen molar-refractivity contribution in [2.45, 2.75) is 25.8 Å². The summed E-state index contributed by atoms with van der Waals surface area (Å²) in [5.74, 6) is 6.41. The van der Waals surface area contributed by atoms with Crippen LogP contribution in [0.5, 0.6) is 5.75 Å². The molecular weight excluding hydrogens is 216 g/mol. The number of methoxy groups -OCH3 is 1. The van der Waals surface area contributed by atoms with Crippen molar-refractivity contribution >= 4 is 0 Å². The van der Waals surface area contributed by atoms with E-state index in [-0.39, 0.29) is 6.04 Å². The Kier molecular flexibility index (Phi) is 6.62. The summed E-state index contributed by atoms with van der Waals surface area (Å²) in [4.78, 5) is 0. The van der Waals surface area contributed by atoms with Crippen molar-refractivity contribution in [3.63, 3.8) is 0 Å². The molecule has 0 aromatic heterocycles. The standard InChI is InChI=1S/C13H22N2O2/c1-3-8-17-9-7-13(15-14)11-5-4-6-12(10-11)16-2/h4-6,10,13,15H,3,7-9,14H2,1-2H3. The maximum absolute atomic E-state index is 5.56. The zero-order chi connectivity index (χ0) is 12.5. The Labute approximate surface area is 103 Å². The minimum absolute atomic E-state index is 0.0990. The van der Waals surface area contributed by atoms with Gasteiger partial charge in [-0.15, -0.1) is 0 Å². The fourth-order valence-corrected chi connectivity index (χ4v) is 1.65. The summed E-state index contributed by atoms with van der Waals surface area (Å²) in [6.07, 6.45) is 1.89. The Morgan fingerprint density at radius 1 is 1.35 bits per heavy atom. The van der Waals surface area contributed by atoms with Crippen LogP contribution in [0.2, 0.25) is 0 Å². The number of hydrazine groups is 1. The van der Waals surface area contributed by atoms with Crippen LogP contribution in [0.15, 0.2) is 24.3 Å². The molecule has 4 heteroatoms. The highest BCUT2D eigenvalue weighted by molar-refractivity contribution is 5.30. The van der Waals surface area contributed by atoms with Crippen molar-refractivity contribution < 1.29 is 9.47 Å². The molecule has 0 aliphatic carbocycles. The topological polar surface area (TPSA) is 56.5 Å². The van der Waals surface area contributed by atoms with Gasteiger partial charge in [0.1, 0.15) is 5.75 Å². The third kappa shape index (κ3) is 4.73. The predicted molar refractivity (Wildman–Crippen MR) is 68.8 cm³/mol. The maximum Gasteiger partial charge on any atom is 0.119 e. The van der Waals surface area contributed by atoms with Gasteiger partial charge in [-0.25, -0.2) is 0 Å². The third-order valence-electron chi connectivity index (χ3n) is 2.60. The van der Waals surface area contributed by atoms with Gasteiger partial charge in [-0.1, -0.05) is 19.1 Å². The molecule has 1 atom stereocenters. The molecule has 0 fully saturated rings. The zero-order valence-corrected chi connectivity index (χ0v) is 10.6. The second kappa shape index (κ2) is 8.06. The summed E-state index contributed by atoms with van der Waals surface area (Å²) in [5, 5.41) is 0. The molecule has 0 heterocycles. The van der Waals surface area contributed by atoms with Crippen LogP contribution in [0.1, 0.15) is 31.4 Å². The lowest BCUT2D eigenvalue weighted by molar-refractivity contribution is 0.124. The second-order valence-corrected chi connectivity index (χ2v) is 3.90. The Hall–Kier alpha value is -1.10. The van der Waals surface area contributed by atoms with Crippen molar-refractivity contribution in [3.05, 3.63) is 29.8 Å². The molecule has 1 rings (SSSR count). The van der Waals surface area contributed by atoms with E-state index < -0.39 is 0 Å². The van der Waals surface area contributed by atoms with Gasteiger partial charge in [-0.05, 0) is 30.5 Å². The van der Waals surface area contributed by atoms with Gasteiger partial charge in [-0.3, -0.25) is 11.3 Å². The van der Waals surface area contributed by atoms with E-state index in [4.69, 9.17) is 15.3 Å². The summed E-state index contributed by atoms with van der Waals surface area (Å²) in [5.41, 5.74) is 3.93. The smallest absolute Gasteiger partial charge is 0.119 e. The number of nitrogens with two attached hydrogens (primary N) is 1. The van der Waals surface area contributed by atoms with Gasteiger partial charge in [0.25, 0.3) is 0 Å². The van der Waals surface area contributed by atoms with Crippen LogP contribution < -0.4 is 16.0 Å². The first kappa shape index (κ1) is 14.0. The molecule has 0 aliphatic heterocycles. The first-order valence-corrected chi connectivity index (χ1v) is 5.99. The summed E-state index contributed by atoms with van der Waals surface area (Å²) < 4.78 is 10.7. The molecule has 1 aromatic carbocycles. The number of hydrogen-bond donors (Lipinski definition) is 2. The number of ether oxygens (including phenoxy) is 2. The monoisotopic (exact) mass is 238 g/mol.